The maximum Gasteiger partial charge on any atom is 0.341 e. The molecule has 9 heteroatoms. The van der Waals surface area contributed by atoms with Crippen LogP contribution in [0.25, 0.3) is 0 Å². The van der Waals surface area contributed by atoms with Crippen molar-refractivity contribution in [1.29, 1.82) is 0 Å². The van der Waals surface area contributed by atoms with Gasteiger partial charge in [0.05, 0.1) is 11.2 Å². The van der Waals surface area contributed by atoms with Gasteiger partial charge in [-0.25, -0.2) is 18.2 Å². The maximum absolute atomic E-state index is 12.1. The molecule has 7 nitrogen and oxygen atoms in total. The highest BCUT2D eigenvalue weighted by atomic mass is 32.2. The molecule has 0 saturated heterocycles. The van der Waals surface area contributed by atoms with E-state index < -0.39 is 22.6 Å². The van der Waals surface area contributed by atoms with Crippen LogP contribution in [0.3, 0.4) is 0 Å². The maximum atomic E-state index is 12.1. The van der Waals surface area contributed by atoms with Crippen molar-refractivity contribution in [3.63, 3.8) is 0 Å². The predicted molar refractivity (Wildman–Crippen MR) is 77.2 cm³/mol. The smallest absolute Gasteiger partial charge is 0.341 e. The molecule has 0 radical (unpaired) electrons. The standard InChI is InChI=1S/C12H12N2O5S2/c1-8-13-6-12(20-8)21(17,18)14-9-2-4-10(5-3-9)19-7-11(15)16/h2-6,14H,7H2,1H3,(H,15,16). The third-order valence-electron chi connectivity index (χ3n) is 2.33. The molecule has 0 amide bonds. The summed E-state index contributed by atoms with van der Waals surface area (Å²) in [7, 11) is -3.66. The number of carboxylic acid groups (broad SMARTS) is 1. The molecule has 0 fully saturated rings. The highest BCUT2D eigenvalue weighted by Crippen LogP contribution is 2.22. The number of nitrogens with one attached hydrogen (secondary N) is 1. The summed E-state index contributed by atoms with van der Waals surface area (Å²) < 4.78 is 31.6. The van der Waals surface area contributed by atoms with Crippen molar-refractivity contribution in [2.24, 2.45) is 0 Å². The zero-order valence-electron chi connectivity index (χ0n) is 10.9. The number of aromatic nitrogens is 1. The Bertz CT molecular complexity index is 737. The fourth-order valence-electron chi connectivity index (χ4n) is 1.44. The van der Waals surface area contributed by atoms with Gasteiger partial charge in [-0.3, -0.25) is 4.72 Å². The number of rotatable bonds is 6. The number of hydrogen-bond acceptors (Lipinski definition) is 6. The van der Waals surface area contributed by atoms with Gasteiger partial charge in [-0.15, -0.1) is 11.3 Å². The van der Waals surface area contributed by atoms with Gasteiger partial charge in [-0.2, -0.15) is 0 Å². The first-order valence-corrected chi connectivity index (χ1v) is 8.07. The number of aryl methyl sites for hydroxylation is 1. The van der Waals surface area contributed by atoms with Crippen LogP contribution in [0.4, 0.5) is 5.69 Å². The minimum Gasteiger partial charge on any atom is -0.482 e. The normalized spacial score (nSPS) is 11.1. The molecule has 112 valence electrons. The second kappa shape index (κ2) is 6.10. The summed E-state index contributed by atoms with van der Waals surface area (Å²) in [4.78, 5) is 14.3. The largest absolute Gasteiger partial charge is 0.482 e. The molecule has 21 heavy (non-hydrogen) atoms. The number of carboxylic acids is 1. The highest BCUT2D eigenvalue weighted by Gasteiger charge is 2.17. The molecule has 0 aliphatic carbocycles. The first-order valence-electron chi connectivity index (χ1n) is 5.77. The van der Waals surface area contributed by atoms with Gasteiger partial charge in [-0.05, 0) is 31.2 Å². The predicted octanol–water partition coefficient (Wildman–Crippen LogP) is 1.72. The molecule has 0 atom stereocenters. The van der Waals surface area contributed by atoms with Crippen LogP contribution in [0.5, 0.6) is 5.75 Å². The van der Waals surface area contributed by atoms with Crippen molar-refractivity contribution >= 4 is 33.0 Å². The Morgan fingerprint density at radius 3 is 2.57 bits per heavy atom. The van der Waals surface area contributed by atoms with Gasteiger partial charge < -0.3 is 9.84 Å². The van der Waals surface area contributed by atoms with Crippen LogP contribution in [-0.4, -0.2) is 31.1 Å². The number of anilines is 1. The van der Waals surface area contributed by atoms with E-state index in [-0.39, 0.29) is 4.21 Å². The van der Waals surface area contributed by atoms with Crippen LogP contribution in [0.1, 0.15) is 5.01 Å². The van der Waals surface area contributed by atoms with Crippen LogP contribution in [0, 0.1) is 6.92 Å². The summed E-state index contributed by atoms with van der Waals surface area (Å²) in [5.41, 5.74) is 0.351. The first kappa shape index (κ1) is 15.3. The summed E-state index contributed by atoms with van der Waals surface area (Å²) >= 11 is 1.08. The lowest BCUT2D eigenvalue weighted by molar-refractivity contribution is -0.139. The van der Waals surface area contributed by atoms with E-state index in [2.05, 4.69) is 9.71 Å². The molecule has 2 N–H and O–H groups in total. The second-order valence-electron chi connectivity index (χ2n) is 4.01. The number of ether oxygens (including phenoxy) is 1. The molecule has 2 aromatic rings. The molecular weight excluding hydrogens is 316 g/mol. The summed E-state index contributed by atoms with van der Waals surface area (Å²) in [6.07, 6.45) is 1.30. The quantitative estimate of drug-likeness (QED) is 0.836. The van der Waals surface area contributed by atoms with Crippen LogP contribution >= 0.6 is 11.3 Å². The summed E-state index contributed by atoms with van der Waals surface area (Å²) in [5.74, 6) is -0.741. The third kappa shape index (κ3) is 4.17. The zero-order chi connectivity index (χ0) is 15.5. The van der Waals surface area contributed by atoms with Crippen LogP contribution in [0.15, 0.2) is 34.7 Å². The van der Waals surface area contributed by atoms with Crippen molar-refractivity contribution in [2.75, 3.05) is 11.3 Å². The van der Waals surface area contributed by atoms with Gasteiger partial charge in [0.1, 0.15) is 5.75 Å². The molecule has 1 aromatic heterocycles. The molecule has 0 spiro atoms. The fraction of sp³-hybridized carbons (Fsp3) is 0.167. The summed E-state index contributed by atoms with van der Waals surface area (Å²) in [6.45, 7) is 1.27. The molecular formula is C12H12N2O5S2. The van der Waals surface area contributed by atoms with Crippen LogP contribution in [-0.2, 0) is 14.8 Å². The van der Waals surface area contributed by atoms with Gasteiger partial charge >= 0.3 is 5.97 Å². The lowest BCUT2D eigenvalue weighted by Crippen LogP contribution is -2.12. The van der Waals surface area contributed by atoms with Gasteiger partial charge in [0, 0.05) is 5.69 Å². The molecule has 1 aromatic carbocycles. The van der Waals surface area contributed by atoms with E-state index in [4.69, 9.17) is 9.84 Å². The van der Waals surface area contributed by atoms with E-state index in [1.54, 1.807) is 6.92 Å². The van der Waals surface area contributed by atoms with Crippen molar-refractivity contribution in [3.8, 4) is 5.75 Å². The number of carbonyl (C=O) groups is 1. The monoisotopic (exact) mass is 328 g/mol. The Labute approximate surface area is 125 Å². The van der Waals surface area contributed by atoms with Gasteiger partial charge in [0.25, 0.3) is 10.0 Å². The lowest BCUT2D eigenvalue weighted by atomic mass is 10.3. The van der Waals surface area contributed by atoms with Crippen molar-refractivity contribution in [1.82, 2.24) is 4.98 Å². The Kier molecular flexibility index (Phi) is 4.43. The van der Waals surface area contributed by atoms with E-state index in [0.717, 1.165) is 11.3 Å². The molecule has 0 aliphatic rings. The minimum absolute atomic E-state index is 0.131. The molecule has 1 heterocycles. The average Bonchev–Trinajstić information content (AvgIpc) is 2.85. The topological polar surface area (TPSA) is 106 Å². The number of sulfonamides is 1. The Balaban J connectivity index is 2.08. The van der Waals surface area contributed by atoms with Crippen molar-refractivity contribution < 1.29 is 23.1 Å². The van der Waals surface area contributed by atoms with E-state index in [0.29, 0.717) is 16.4 Å². The van der Waals surface area contributed by atoms with Gasteiger partial charge in [-0.1, -0.05) is 0 Å². The van der Waals surface area contributed by atoms with E-state index >= 15 is 0 Å². The summed E-state index contributed by atoms with van der Waals surface area (Å²) in [5, 5.41) is 9.15. The van der Waals surface area contributed by atoms with Crippen molar-refractivity contribution in [2.45, 2.75) is 11.1 Å². The SMILES string of the molecule is Cc1ncc(S(=O)(=O)Nc2ccc(OCC(=O)O)cc2)s1. The van der Waals surface area contributed by atoms with Crippen LogP contribution in [0.2, 0.25) is 0 Å². The number of hydrogen-bond donors (Lipinski definition) is 2. The third-order valence-corrected chi connectivity index (χ3v) is 5.09. The van der Waals surface area contributed by atoms with Crippen molar-refractivity contribution in [3.05, 3.63) is 35.5 Å². The number of nitrogens with zero attached hydrogens (tertiary/aromatic N) is 1. The number of thiazole rings is 1. The highest BCUT2D eigenvalue weighted by molar-refractivity contribution is 7.94. The molecule has 2 rings (SSSR count). The summed E-state index contributed by atoms with van der Waals surface area (Å²) in [6, 6.07) is 5.95. The Hall–Kier alpha value is -2.13. The zero-order valence-corrected chi connectivity index (χ0v) is 12.6. The van der Waals surface area contributed by atoms with E-state index in [9.17, 15) is 13.2 Å². The van der Waals surface area contributed by atoms with E-state index in [1.807, 2.05) is 0 Å². The molecule has 0 unspecified atom stereocenters. The Morgan fingerprint density at radius 1 is 1.38 bits per heavy atom. The molecule has 0 aliphatic heterocycles. The number of aliphatic carboxylic acids is 1. The van der Waals surface area contributed by atoms with Crippen LogP contribution < -0.4 is 9.46 Å². The van der Waals surface area contributed by atoms with Gasteiger partial charge in [0.15, 0.2) is 10.8 Å². The van der Waals surface area contributed by atoms with Gasteiger partial charge in [0.2, 0.25) is 0 Å². The average molecular weight is 328 g/mol. The minimum atomic E-state index is -3.66. The fourth-order valence-corrected chi connectivity index (χ4v) is 3.60. The molecule has 0 saturated carbocycles. The Morgan fingerprint density at radius 2 is 2.05 bits per heavy atom. The second-order valence-corrected chi connectivity index (χ2v) is 7.15. The first-order chi connectivity index (χ1) is 9.87. The lowest BCUT2D eigenvalue weighted by Gasteiger charge is -2.07. The van der Waals surface area contributed by atoms with E-state index in [1.165, 1.54) is 30.5 Å². The molecule has 0 bridgehead atoms. The number of benzene rings is 1.